The Balaban J connectivity index is 1.40. The van der Waals surface area contributed by atoms with Gasteiger partial charge in [0.05, 0.1) is 12.2 Å². The van der Waals surface area contributed by atoms with Crippen LogP contribution >= 0.6 is 11.8 Å². The van der Waals surface area contributed by atoms with Crippen molar-refractivity contribution in [2.45, 2.75) is 43.4 Å². The molecule has 0 bridgehead atoms. The zero-order valence-corrected chi connectivity index (χ0v) is 14.6. The van der Waals surface area contributed by atoms with E-state index in [2.05, 4.69) is 20.8 Å². The van der Waals surface area contributed by atoms with E-state index in [4.69, 9.17) is 4.42 Å². The van der Waals surface area contributed by atoms with E-state index in [1.165, 1.54) is 0 Å². The summed E-state index contributed by atoms with van der Waals surface area (Å²) in [5.74, 6) is 0.154. The second-order valence-corrected chi connectivity index (χ2v) is 6.84. The van der Waals surface area contributed by atoms with Crippen molar-refractivity contribution in [1.29, 1.82) is 0 Å². The van der Waals surface area contributed by atoms with E-state index in [1.807, 2.05) is 30.3 Å². The van der Waals surface area contributed by atoms with Crippen molar-refractivity contribution in [2.24, 2.45) is 0 Å². The maximum atomic E-state index is 11.8. The lowest BCUT2D eigenvalue weighted by Gasteiger charge is -2.11. The molecule has 0 aliphatic heterocycles. The number of benzene rings is 1. The van der Waals surface area contributed by atoms with Crippen LogP contribution in [0.1, 0.15) is 37.1 Å². The third kappa shape index (κ3) is 5.60. The van der Waals surface area contributed by atoms with Gasteiger partial charge >= 0.3 is 6.03 Å². The van der Waals surface area contributed by atoms with E-state index in [1.54, 1.807) is 0 Å². The standard InChI is InChI=1S/C17H20N4O3S/c22-14(19-16(23)18-13-8-4-5-9-13)11-25-17-21-20-15(24-17)10-12-6-2-1-3-7-12/h1-3,6-7,13H,4-5,8-11H2,(H2,18,19,22,23). The molecule has 0 atom stereocenters. The quantitative estimate of drug-likeness (QED) is 0.768. The number of aromatic nitrogens is 2. The number of nitrogens with one attached hydrogen (secondary N) is 2. The lowest BCUT2D eigenvalue weighted by molar-refractivity contribution is -0.117. The summed E-state index contributed by atoms with van der Waals surface area (Å²) in [5, 5.41) is 13.3. The van der Waals surface area contributed by atoms with E-state index >= 15 is 0 Å². The summed E-state index contributed by atoms with van der Waals surface area (Å²) < 4.78 is 5.51. The Labute approximate surface area is 150 Å². The van der Waals surface area contributed by atoms with Crippen LogP contribution in [0.5, 0.6) is 0 Å². The number of carbonyl (C=O) groups excluding carboxylic acids is 2. The van der Waals surface area contributed by atoms with E-state index in [9.17, 15) is 9.59 Å². The fraction of sp³-hybridized carbons (Fsp3) is 0.412. The first-order valence-corrected chi connectivity index (χ1v) is 9.27. The summed E-state index contributed by atoms with van der Waals surface area (Å²) in [4.78, 5) is 23.5. The third-order valence-electron chi connectivity index (χ3n) is 3.92. The predicted molar refractivity (Wildman–Crippen MR) is 93.2 cm³/mol. The molecule has 7 nitrogen and oxygen atoms in total. The molecule has 3 amide bonds. The summed E-state index contributed by atoms with van der Waals surface area (Å²) in [6.07, 6.45) is 4.74. The van der Waals surface area contributed by atoms with Crippen molar-refractivity contribution >= 4 is 23.7 Å². The van der Waals surface area contributed by atoms with Gasteiger partial charge in [0.2, 0.25) is 11.8 Å². The maximum absolute atomic E-state index is 11.8. The molecular weight excluding hydrogens is 340 g/mol. The molecule has 0 unspecified atom stereocenters. The van der Waals surface area contributed by atoms with Crippen LogP contribution in [0.4, 0.5) is 4.79 Å². The van der Waals surface area contributed by atoms with Crippen LogP contribution in [-0.2, 0) is 11.2 Å². The number of hydrogen-bond donors (Lipinski definition) is 2. The average Bonchev–Trinajstić information content (AvgIpc) is 3.26. The molecule has 8 heteroatoms. The fourth-order valence-electron chi connectivity index (χ4n) is 2.72. The summed E-state index contributed by atoms with van der Waals surface area (Å²) in [6.45, 7) is 0. The highest BCUT2D eigenvalue weighted by atomic mass is 32.2. The second kappa shape index (κ2) is 8.66. The minimum Gasteiger partial charge on any atom is -0.416 e. The Bertz CT molecular complexity index is 714. The van der Waals surface area contributed by atoms with Crippen LogP contribution in [-0.4, -0.2) is 33.9 Å². The molecule has 0 spiro atoms. The van der Waals surface area contributed by atoms with Gasteiger partial charge in [-0.1, -0.05) is 54.9 Å². The van der Waals surface area contributed by atoms with Gasteiger partial charge in [-0.05, 0) is 18.4 Å². The number of urea groups is 1. The highest BCUT2D eigenvalue weighted by molar-refractivity contribution is 7.99. The Kier molecular flexibility index (Phi) is 6.05. The molecule has 0 radical (unpaired) electrons. The number of thioether (sulfide) groups is 1. The van der Waals surface area contributed by atoms with Gasteiger partial charge in [0.15, 0.2) is 0 Å². The number of hydrogen-bond acceptors (Lipinski definition) is 6. The van der Waals surface area contributed by atoms with Crippen LogP contribution in [0.25, 0.3) is 0 Å². The first kappa shape index (κ1) is 17.5. The molecular formula is C17H20N4O3S. The fourth-order valence-corrected chi connectivity index (χ4v) is 3.30. The molecule has 3 rings (SSSR count). The van der Waals surface area contributed by atoms with Crippen LogP contribution < -0.4 is 10.6 Å². The van der Waals surface area contributed by atoms with Crippen LogP contribution in [0.15, 0.2) is 40.0 Å². The average molecular weight is 360 g/mol. The number of nitrogens with zero attached hydrogens (tertiary/aromatic N) is 2. The van der Waals surface area contributed by atoms with E-state index in [0.29, 0.717) is 17.5 Å². The first-order chi connectivity index (χ1) is 12.2. The van der Waals surface area contributed by atoms with E-state index in [0.717, 1.165) is 43.0 Å². The van der Waals surface area contributed by atoms with Gasteiger partial charge in [-0.2, -0.15) is 0 Å². The molecule has 132 valence electrons. The van der Waals surface area contributed by atoms with Gasteiger partial charge < -0.3 is 9.73 Å². The van der Waals surface area contributed by atoms with Crippen molar-refractivity contribution in [1.82, 2.24) is 20.8 Å². The first-order valence-electron chi connectivity index (χ1n) is 8.28. The molecule has 1 saturated carbocycles. The topological polar surface area (TPSA) is 97.1 Å². The third-order valence-corrected chi connectivity index (χ3v) is 4.74. The lowest BCUT2D eigenvalue weighted by atomic mass is 10.2. The predicted octanol–water partition coefficient (Wildman–Crippen LogP) is 2.52. The molecule has 2 N–H and O–H groups in total. The van der Waals surface area contributed by atoms with E-state index in [-0.39, 0.29) is 17.7 Å². The van der Waals surface area contributed by atoms with Crippen LogP contribution in [0.3, 0.4) is 0 Å². The summed E-state index contributed by atoms with van der Waals surface area (Å²) in [6, 6.07) is 9.54. The zero-order valence-electron chi connectivity index (χ0n) is 13.7. The van der Waals surface area contributed by atoms with Gasteiger partial charge in [0.25, 0.3) is 5.22 Å². The Hall–Kier alpha value is -2.35. The SMILES string of the molecule is O=C(CSc1nnc(Cc2ccccc2)o1)NC(=O)NC1CCCC1. The number of imide groups is 1. The van der Waals surface area contributed by atoms with Gasteiger partial charge in [-0.15, -0.1) is 10.2 Å². The summed E-state index contributed by atoms with van der Waals surface area (Å²) in [7, 11) is 0. The number of carbonyl (C=O) groups is 2. The Morgan fingerprint density at radius 1 is 1.16 bits per heavy atom. The minimum atomic E-state index is -0.437. The van der Waals surface area contributed by atoms with Gasteiger partial charge in [0, 0.05) is 6.04 Å². The summed E-state index contributed by atoms with van der Waals surface area (Å²) in [5.41, 5.74) is 1.07. The largest absolute Gasteiger partial charge is 0.416 e. The Morgan fingerprint density at radius 3 is 2.68 bits per heavy atom. The smallest absolute Gasteiger partial charge is 0.321 e. The van der Waals surface area contributed by atoms with Crippen molar-refractivity contribution in [3.63, 3.8) is 0 Å². The summed E-state index contributed by atoms with van der Waals surface area (Å²) >= 11 is 1.11. The normalized spacial score (nSPS) is 14.4. The highest BCUT2D eigenvalue weighted by Gasteiger charge is 2.18. The van der Waals surface area contributed by atoms with Crippen molar-refractivity contribution in [3.8, 4) is 0 Å². The van der Waals surface area contributed by atoms with Crippen LogP contribution in [0.2, 0.25) is 0 Å². The highest BCUT2D eigenvalue weighted by Crippen LogP contribution is 2.18. The molecule has 1 aromatic carbocycles. The molecule has 1 fully saturated rings. The Morgan fingerprint density at radius 2 is 1.92 bits per heavy atom. The number of amides is 3. The van der Waals surface area contributed by atoms with E-state index < -0.39 is 6.03 Å². The molecule has 1 heterocycles. The van der Waals surface area contributed by atoms with Crippen LogP contribution in [0, 0.1) is 0 Å². The monoisotopic (exact) mass is 360 g/mol. The van der Waals surface area contributed by atoms with Gasteiger partial charge in [0.1, 0.15) is 0 Å². The van der Waals surface area contributed by atoms with Crippen molar-refractivity contribution < 1.29 is 14.0 Å². The second-order valence-electron chi connectivity index (χ2n) is 5.92. The minimum absolute atomic E-state index is 0.0467. The molecule has 0 saturated heterocycles. The molecule has 25 heavy (non-hydrogen) atoms. The molecule has 1 aliphatic rings. The zero-order chi connectivity index (χ0) is 17.5. The molecule has 1 aliphatic carbocycles. The van der Waals surface area contributed by atoms with Gasteiger partial charge in [-0.25, -0.2) is 4.79 Å². The van der Waals surface area contributed by atoms with Crippen molar-refractivity contribution in [3.05, 3.63) is 41.8 Å². The van der Waals surface area contributed by atoms with Gasteiger partial charge in [-0.3, -0.25) is 10.1 Å². The maximum Gasteiger partial charge on any atom is 0.321 e. The molecule has 2 aromatic rings. The lowest BCUT2D eigenvalue weighted by Crippen LogP contribution is -2.44. The number of rotatable bonds is 6. The molecule has 1 aromatic heterocycles. The van der Waals surface area contributed by atoms with Crippen molar-refractivity contribution in [2.75, 3.05) is 5.75 Å².